The van der Waals surface area contributed by atoms with Crippen molar-refractivity contribution in [1.29, 1.82) is 5.41 Å². The molecule has 0 unspecified atom stereocenters. The average Bonchev–Trinajstić information content (AvgIpc) is 2.77. The number of nitrogens with two attached hydrogens (primary N) is 1. The summed E-state index contributed by atoms with van der Waals surface area (Å²) in [6.45, 7) is 0. The Hall–Kier alpha value is -3.51. The maximum atomic E-state index is 12.0. The number of rotatable bonds is 5. The highest BCUT2D eigenvalue weighted by molar-refractivity contribution is 7.94. The Balaban J connectivity index is 2.25. The van der Waals surface area contributed by atoms with E-state index < -0.39 is 11.9 Å². The Kier molecular flexibility index (Phi) is 5.57. The molecule has 0 saturated carbocycles. The van der Waals surface area contributed by atoms with Gasteiger partial charge in [0.05, 0.1) is 22.2 Å². The van der Waals surface area contributed by atoms with Gasteiger partial charge in [0.15, 0.2) is 11.3 Å². The number of hydrogen-bond acceptors (Lipinski definition) is 9. The normalized spacial score (nSPS) is 11.2. The molecule has 162 valence electrons. The third kappa shape index (κ3) is 3.37. The molecule has 0 spiro atoms. The minimum absolute atomic E-state index is 0.0270. The quantitative estimate of drug-likeness (QED) is 0.135. The number of hydrogen-bond donors (Lipinski definition) is 6. The SMILES string of the molecule is N=c1ccc2c(-c3ccc(C(=O)O)cc3C(=O)O)c3ccc(N)c(SO)c3oc-2c1SO. The number of carboxylic acid groups (broad SMARTS) is 2. The van der Waals surface area contributed by atoms with Gasteiger partial charge >= 0.3 is 11.9 Å². The van der Waals surface area contributed by atoms with Crippen LogP contribution >= 0.6 is 24.1 Å². The van der Waals surface area contributed by atoms with Crippen molar-refractivity contribution in [3.05, 3.63) is 58.9 Å². The van der Waals surface area contributed by atoms with Crippen LogP contribution in [0.15, 0.2) is 56.7 Å². The molecule has 1 aliphatic heterocycles. The van der Waals surface area contributed by atoms with Crippen LogP contribution in [0.3, 0.4) is 0 Å². The third-order valence-electron chi connectivity index (χ3n) is 4.95. The van der Waals surface area contributed by atoms with E-state index >= 15 is 0 Å². The summed E-state index contributed by atoms with van der Waals surface area (Å²) in [5.74, 6) is -2.53. The summed E-state index contributed by atoms with van der Waals surface area (Å²) in [6.07, 6.45) is 0. The Morgan fingerprint density at radius 3 is 2.22 bits per heavy atom. The van der Waals surface area contributed by atoms with Gasteiger partial charge in [-0.25, -0.2) is 9.59 Å². The van der Waals surface area contributed by atoms with Gasteiger partial charge in [-0.2, -0.15) is 0 Å². The third-order valence-corrected chi connectivity index (χ3v) is 6.14. The van der Waals surface area contributed by atoms with Gasteiger partial charge in [-0.3, -0.25) is 5.41 Å². The van der Waals surface area contributed by atoms with E-state index in [1.807, 2.05) is 0 Å². The number of fused-ring (bicyclic) bond motifs is 2. The number of anilines is 1. The minimum Gasteiger partial charge on any atom is -0.478 e. The molecular formula is C21H14N2O7S2. The number of nitrogen functional groups attached to an aromatic ring is 1. The van der Waals surface area contributed by atoms with Crippen molar-refractivity contribution < 1.29 is 33.3 Å². The van der Waals surface area contributed by atoms with Crippen LogP contribution < -0.4 is 11.1 Å². The summed E-state index contributed by atoms with van der Waals surface area (Å²) < 4.78 is 25.5. The molecule has 2 aliphatic rings. The highest BCUT2D eigenvalue weighted by Gasteiger charge is 2.26. The van der Waals surface area contributed by atoms with Crippen molar-refractivity contribution in [1.82, 2.24) is 0 Å². The first-order valence-corrected chi connectivity index (χ1v) is 10.4. The maximum absolute atomic E-state index is 12.0. The van der Waals surface area contributed by atoms with Gasteiger partial charge in [0.25, 0.3) is 0 Å². The number of aromatic carboxylic acids is 2. The second kappa shape index (κ2) is 8.20. The predicted octanol–water partition coefficient (Wildman–Crippen LogP) is 4.79. The summed E-state index contributed by atoms with van der Waals surface area (Å²) in [6, 6.07) is 9.82. The van der Waals surface area contributed by atoms with Gasteiger partial charge in [-0.05, 0) is 42.0 Å². The highest BCUT2D eigenvalue weighted by atomic mass is 32.2. The molecule has 7 N–H and O–H groups in total. The van der Waals surface area contributed by atoms with Crippen molar-refractivity contribution in [3.63, 3.8) is 0 Å². The Labute approximate surface area is 188 Å². The average molecular weight is 470 g/mol. The lowest BCUT2D eigenvalue weighted by Gasteiger charge is -2.19. The molecule has 0 saturated heterocycles. The molecule has 32 heavy (non-hydrogen) atoms. The van der Waals surface area contributed by atoms with E-state index in [1.54, 1.807) is 12.1 Å². The Bertz CT molecular complexity index is 1450. The van der Waals surface area contributed by atoms with Crippen molar-refractivity contribution in [2.24, 2.45) is 0 Å². The van der Waals surface area contributed by atoms with Crippen LogP contribution in [0.1, 0.15) is 20.7 Å². The summed E-state index contributed by atoms with van der Waals surface area (Å²) in [7, 11) is 0. The summed E-state index contributed by atoms with van der Waals surface area (Å²) >= 11 is 0.639. The molecule has 1 heterocycles. The number of carbonyl (C=O) groups is 2. The zero-order valence-corrected chi connectivity index (χ0v) is 17.6. The first-order chi connectivity index (χ1) is 15.3. The second-order valence-corrected chi connectivity index (χ2v) is 7.89. The van der Waals surface area contributed by atoms with Gasteiger partial charge < -0.3 is 29.5 Å². The molecule has 0 atom stereocenters. The van der Waals surface area contributed by atoms with Crippen molar-refractivity contribution >= 4 is 52.7 Å². The van der Waals surface area contributed by atoms with E-state index in [2.05, 4.69) is 0 Å². The standard InChI is InChI=1S/C21H14N2O7S2/c22-13-5-3-10-15(9-2-1-8(20(24)25)7-12(9)21(26)27)11-4-6-14(23)19(32-29)17(11)30-16(10)18(13)31-28/h1-7,22,28-29H,23H2,(H,24,25)(H,26,27). The van der Waals surface area contributed by atoms with Crippen LogP contribution in [0.2, 0.25) is 0 Å². The zero-order valence-electron chi connectivity index (χ0n) is 15.9. The van der Waals surface area contributed by atoms with Crippen molar-refractivity contribution in [2.75, 3.05) is 5.73 Å². The molecule has 0 bridgehead atoms. The van der Waals surface area contributed by atoms with Crippen molar-refractivity contribution in [3.8, 4) is 22.5 Å². The van der Waals surface area contributed by atoms with Gasteiger partial charge in [0.1, 0.15) is 9.79 Å². The number of carboxylic acids is 2. The molecule has 11 heteroatoms. The summed E-state index contributed by atoms with van der Waals surface area (Å²) in [5, 5.41) is 27.6. The van der Waals surface area contributed by atoms with Crippen LogP contribution in [0.4, 0.5) is 5.69 Å². The molecule has 2 aromatic carbocycles. The topological polar surface area (TPSA) is 178 Å². The van der Waals surface area contributed by atoms with E-state index in [1.165, 1.54) is 24.3 Å². The van der Waals surface area contributed by atoms with E-state index in [4.69, 9.17) is 15.6 Å². The fraction of sp³-hybridized carbons (Fsp3) is 0. The highest BCUT2D eigenvalue weighted by Crippen LogP contribution is 2.46. The Morgan fingerprint density at radius 2 is 1.59 bits per heavy atom. The van der Waals surface area contributed by atoms with E-state index in [-0.39, 0.29) is 48.9 Å². The second-order valence-electron chi connectivity index (χ2n) is 6.71. The van der Waals surface area contributed by atoms with Crippen LogP contribution in [-0.2, 0) is 0 Å². The van der Waals surface area contributed by atoms with E-state index in [0.717, 1.165) is 6.07 Å². The first-order valence-electron chi connectivity index (χ1n) is 8.89. The fourth-order valence-electron chi connectivity index (χ4n) is 3.53. The lowest BCUT2D eigenvalue weighted by atomic mass is 9.89. The lowest BCUT2D eigenvalue weighted by Crippen LogP contribution is -2.08. The molecule has 0 aromatic heterocycles. The lowest BCUT2D eigenvalue weighted by molar-refractivity contribution is 0.0696. The monoisotopic (exact) mass is 470 g/mol. The summed E-state index contributed by atoms with van der Waals surface area (Å²) in [5.41, 5.74) is 6.78. The fourth-order valence-corrected chi connectivity index (χ4v) is 4.34. The molecule has 9 nitrogen and oxygen atoms in total. The molecule has 2 aromatic rings. The predicted molar refractivity (Wildman–Crippen MR) is 119 cm³/mol. The maximum Gasteiger partial charge on any atom is 0.336 e. The number of benzene rings is 3. The van der Waals surface area contributed by atoms with Gasteiger partial charge in [0, 0.05) is 40.6 Å². The van der Waals surface area contributed by atoms with Gasteiger partial charge in [0.2, 0.25) is 0 Å². The van der Waals surface area contributed by atoms with Crippen LogP contribution in [-0.4, -0.2) is 31.3 Å². The molecule has 4 rings (SSSR count). The molecule has 0 radical (unpaired) electrons. The van der Waals surface area contributed by atoms with E-state index in [9.17, 15) is 28.9 Å². The zero-order chi connectivity index (χ0) is 23.2. The van der Waals surface area contributed by atoms with Crippen LogP contribution in [0.5, 0.6) is 0 Å². The minimum atomic E-state index is -1.34. The largest absolute Gasteiger partial charge is 0.478 e. The molecule has 0 amide bonds. The van der Waals surface area contributed by atoms with Crippen molar-refractivity contribution in [2.45, 2.75) is 9.79 Å². The number of nitrogens with one attached hydrogen (secondary N) is 1. The van der Waals surface area contributed by atoms with Crippen LogP contribution in [0.25, 0.3) is 33.4 Å². The van der Waals surface area contributed by atoms with Crippen LogP contribution in [0, 0.1) is 5.41 Å². The first kappa shape index (κ1) is 21.7. The van der Waals surface area contributed by atoms with E-state index in [0.29, 0.717) is 40.6 Å². The Morgan fingerprint density at radius 1 is 0.906 bits per heavy atom. The smallest absolute Gasteiger partial charge is 0.336 e. The summed E-state index contributed by atoms with van der Waals surface area (Å²) in [4.78, 5) is 23.7. The van der Waals surface area contributed by atoms with Gasteiger partial charge in [-0.15, -0.1) is 0 Å². The molecular weight excluding hydrogens is 456 g/mol. The molecule has 0 fully saturated rings. The molecule has 1 aliphatic carbocycles. The van der Waals surface area contributed by atoms with Gasteiger partial charge in [-0.1, -0.05) is 6.07 Å².